The number of phenols is 2. The first-order chi connectivity index (χ1) is 10.9. The highest BCUT2D eigenvalue weighted by Crippen LogP contribution is 2.50. The van der Waals surface area contributed by atoms with Crippen LogP contribution >= 0.6 is 23.2 Å². The molecule has 0 saturated carbocycles. The summed E-state index contributed by atoms with van der Waals surface area (Å²) in [4.78, 5) is 0. The van der Waals surface area contributed by atoms with Crippen molar-refractivity contribution in [3.63, 3.8) is 0 Å². The normalized spacial score (nSPS) is 16.4. The first-order valence-corrected chi connectivity index (χ1v) is 7.41. The molecule has 0 radical (unpaired) electrons. The van der Waals surface area contributed by atoms with Crippen LogP contribution in [-0.2, 0) is 0 Å². The van der Waals surface area contributed by atoms with Gasteiger partial charge in [-0.1, -0.05) is 23.2 Å². The largest absolute Gasteiger partial charge is 0.504 e. The number of benzene rings is 2. The van der Waals surface area contributed by atoms with E-state index in [4.69, 9.17) is 38.4 Å². The molecule has 2 aromatic rings. The zero-order valence-electron chi connectivity index (χ0n) is 11.6. The second kappa shape index (κ2) is 5.96. The lowest BCUT2D eigenvalue weighted by atomic mass is 10.0. The minimum atomic E-state index is -0.590. The maximum atomic E-state index is 13.9. The predicted octanol–water partition coefficient (Wildman–Crippen LogP) is 3.31. The Kier molecular flexibility index (Phi) is 4.14. The molecule has 0 saturated heterocycles. The second-order valence-electron chi connectivity index (χ2n) is 4.98. The molecule has 8 heteroatoms. The second-order valence-corrected chi connectivity index (χ2v) is 5.77. The number of fused-ring (bicyclic) bond motifs is 1. The Morgan fingerprint density at radius 2 is 2.00 bits per heavy atom. The Hall–Kier alpha value is -1.89. The molecular weight excluding hydrogens is 348 g/mol. The fourth-order valence-electron chi connectivity index (χ4n) is 2.33. The van der Waals surface area contributed by atoms with Crippen molar-refractivity contribution in [2.24, 2.45) is 5.73 Å². The van der Waals surface area contributed by atoms with Crippen LogP contribution in [-0.4, -0.2) is 29.5 Å². The molecule has 3 rings (SSSR count). The van der Waals surface area contributed by atoms with Gasteiger partial charge in [-0.15, -0.1) is 0 Å². The van der Waals surface area contributed by atoms with Gasteiger partial charge in [0, 0.05) is 29.8 Å². The fraction of sp³-hybridized carbons (Fsp3) is 0.200. The van der Waals surface area contributed by atoms with Gasteiger partial charge in [0.25, 0.3) is 0 Å². The van der Waals surface area contributed by atoms with Crippen LogP contribution in [0.5, 0.6) is 23.0 Å². The highest BCUT2D eigenvalue weighted by atomic mass is 35.5. The zero-order chi connectivity index (χ0) is 16.7. The number of hydrogen-bond acceptors (Lipinski definition) is 5. The Morgan fingerprint density at radius 3 is 2.70 bits per heavy atom. The number of halogens is 3. The summed E-state index contributed by atoms with van der Waals surface area (Å²) in [6.45, 7) is 0.396. The summed E-state index contributed by atoms with van der Waals surface area (Å²) in [6, 6.07) is 3.44. The molecule has 0 aromatic heterocycles. The van der Waals surface area contributed by atoms with E-state index in [1.165, 1.54) is 6.07 Å². The van der Waals surface area contributed by atoms with E-state index in [0.717, 1.165) is 12.1 Å². The van der Waals surface area contributed by atoms with Gasteiger partial charge in [0.2, 0.25) is 0 Å². The van der Waals surface area contributed by atoms with Crippen molar-refractivity contribution in [1.82, 2.24) is 0 Å². The Labute approximate surface area is 141 Å². The third-order valence-electron chi connectivity index (χ3n) is 3.43. The van der Waals surface area contributed by atoms with Crippen molar-refractivity contribution in [2.75, 3.05) is 13.2 Å². The van der Waals surface area contributed by atoms with Gasteiger partial charge in [-0.25, -0.2) is 4.39 Å². The molecule has 2 aromatic carbocycles. The molecule has 0 unspecified atom stereocenters. The standard InChI is InChI=1S/C15H12Cl2FNO4/c16-9-3-10(20)14(21)13(17)12(9)8-1-6(18)2-11-15(8)23-7(4-19)5-22-11/h1-3,7,20-21H,4-5,19H2/t7-/m0/s1. The Balaban J connectivity index is 2.26. The molecule has 4 N–H and O–H groups in total. The SMILES string of the molecule is NC[C@H]1COc2cc(F)cc(-c3c(Cl)cc(O)c(O)c3Cl)c2O1. The van der Waals surface area contributed by atoms with E-state index in [9.17, 15) is 14.6 Å². The number of phenolic OH excluding ortho intramolecular Hbond substituents is 2. The Bertz CT molecular complexity index is 785. The molecule has 1 heterocycles. The van der Waals surface area contributed by atoms with Gasteiger partial charge < -0.3 is 25.4 Å². The minimum Gasteiger partial charge on any atom is -0.504 e. The summed E-state index contributed by atoms with van der Waals surface area (Å²) in [5.41, 5.74) is 5.90. The van der Waals surface area contributed by atoms with E-state index < -0.39 is 23.4 Å². The molecular formula is C15H12Cl2FNO4. The summed E-state index contributed by atoms with van der Waals surface area (Å²) in [5.74, 6) is -1.22. The quantitative estimate of drug-likeness (QED) is 0.716. The first kappa shape index (κ1) is 16.0. The first-order valence-electron chi connectivity index (χ1n) is 6.65. The number of ether oxygens (including phenoxy) is 2. The molecule has 0 bridgehead atoms. The van der Waals surface area contributed by atoms with Crippen LogP contribution in [0.15, 0.2) is 18.2 Å². The highest BCUT2D eigenvalue weighted by Gasteiger charge is 2.28. The monoisotopic (exact) mass is 359 g/mol. The van der Waals surface area contributed by atoms with Gasteiger partial charge >= 0.3 is 0 Å². The van der Waals surface area contributed by atoms with Crippen LogP contribution in [0.2, 0.25) is 10.0 Å². The molecule has 23 heavy (non-hydrogen) atoms. The smallest absolute Gasteiger partial charge is 0.177 e. The van der Waals surface area contributed by atoms with Crippen molar-refractivity contribution in [3.05, 3.63) is 34.1 Å². The van der Waals surface area contributed by atoms with Crippen LogP contribution in [0.25, 0.3) is 11.1 Å². The minimum absolute atomic E-state index is 0.0246. The summed E-state index contributed by atoms with van der Waals surface area (Å²) in [6.07, 6.45) is -0.407. The number of nitrogens with two attached hydrogens (primary N) is 1. The fourth-order valence-corrected chi connectivity index (χ4v) is 2.97. The molecule has 0 amide bonds. The van der Waals surface area contributed by atoms with Gasteiger partial charge in [-0.2, -0.15) is 0 Å². The lowest BCUT2D eigenvalue weighted by Gasteiger charge is -2.28. The summed E-state index contributed by atoms with van der Waals surface area (Å²) in [7, 11) is 0. The molecule has 0 fully saturated rings. The van der Waals surface area contributed by atoms with Crippen molar-refractivity contribution in [3.8, 4) is 34.1 Å². The molecule has 1 aliphatic rings. The van der Waals surface area contributed by atoms with E-state index >= 15 is 0 Å². The van der Waals surface area contributed by atoms with Gasteiger partial charge in [-0.05, 0) is 6.07 Å². The van der Waals surface area contributed by atoms with Crippen LogP contribution in [0.3, 0.4) is 0 Å². The number of aromatic hydroxyl groups is 2. The lowest BCUT2D eigenvalue weighted by molar-refractivity contribution is 0.0971. The van der Waals surface area contributed by atoms with Crippen molar-refractivity contribution < 1.29 is 24.1 Å². The summed E-state index contributed by atoms with van der Waals surface area (Å²) >= 11 is 12.2. The molecule has 122 valence electrons. The van der Waals surface area contributed by atoms with E-state index in [1.807, 2.05) is 0 Å². The molecule has 1 atom stereocenters. The van der Waals surface area contributed by atoms with Crippen LogP contribution in [0, 0.1) is 5.82 Å². The van der Waals surface area contributed by atoms with Gasteiger partial charge in [-0.3, -0.25) is 0 Å². The third-order valence-corrected chi connectivity index (χ3v) is 4.10. The maximum Gasteiger partial charge on any atom is 0.177 e. The predicted molar refractivity (Wildman–Crippen MR) is 84.2 cm³/mol. The average molecular weight is 360 g/mol. The Morgan fingerprint density at radius 1 is 1.26 bits per heavy atom. The van der Waals surface area contributed by atoms with Crippen molar-refractivity contribution >= 4 is 23.2 Å². The zero-order valence-corrected chi connectivity index (χ0v) is 13.2. The summed E-state index contributed by atoms with van der Waals surface area (Å²) in [5, 5.41) is 19.2. The van der Waals surface area contributed by atoms with E-state index in [2.05, 4.69) is 0 Å². The lowest BCUT2D eigenvalue weighted by Crippen LogP contribution is -2.36. The topological polar surface area (TPSA) is 84.9 Å². The molecule has 1 aliphatic heterocycles. The third kappa shape index (κ3) is 2.73. The highest BCUT2D eigenvalue weighted by molar-refractivity contribution is 6.40. The van der Waals surface area contributed by atoms with Crippen LogP contribution in [0.4, 0.5) is 4.39 Å². The van der Waals surface area contributed by atoms with E-state index in [-0.39, 0.29) is 45.8 Å². The molecule has 5 nitrogen and oxygen atoms in total. The number of rotatable bonds is 2. The maximum absolute atomic E-state index is 13.9. The average Bonchev–Trinajstić information content (AvgIpc) is 2.52. The van der Waals surface area contributed by atoms with Gasteiger partial charge in [0.1, 0.15) is 18.5 Å². The van der Waals surface area contributed by atoms with Crippen LogP contribution < -0.4 is 15.2 Å². The molecule has 0 spiro atoms. The molecule has 0 aliphatic carbocycles. The van der Waals surface area contributed by atoms with Crippen LogP contribution in [0.1, 0.15) is 0 Å². The number of hydrogen-bond donors (Lipinski definition) is 3. The van der Waals surface area contributed by atoms with Crippen molar-refractivity contribution in [2.45, 2.75) is 6.10 Å². The summed E-state index contributed by atoms with van der Waals surface area (Å²) < 4.78 is 25.1. The van der Waals surface area contributed by atoms with Crippen molar-refractivity contribution in [1.29, 1.82) is 0 Å². The van der Waals surface area contributed by atoms with Gasteiger partial charge in [0.05, 0.1) is 10.0 Å². The van der Waals surface area contributed by atoms with E-state index in [0.29, 0.717) is 0 Å². The van der Waals surface area contributed by atoms with Gasteiger partial charge in [0.15, 0.2) is 23.0 Å². The van der Waals surface area contributed by atoms with E-state index in [1.54, 1.807) is 0 Å².